The van der Waals surface area contributed by atoms with Gasteiger partial charge in [-0.1, -0.05) is 51.3 Å². The van der Waals surface area contributed by atoms with Crippen molar-refractivity contribution in [3.63, 3.8) is 0 Å². The van der Waals surface area contributed by atoms with Crippen LogP contribution in [0.1, 0.15) is 20.8 Å². The zero-order chi connectivity index (χ0) is 6.24. The van der Waals surface area contributed by atoms with E-state index in [4.69, 9.17) is 0 Å². The fraction of sp³-hybridized carbons (Fsp3) is 0.333. The van der Waals surface area contributed by atoms with Crippen LogP contribution in [-0.2, 0) is 0 Å². The fourth-order valence-electron chi connectivity index (χ4n) is 0.357. The lowest BCUT2D eigenvalue weighted by molar-refractivity contribution is 1.22. The van der Waals surface area contributed by atoms with Crippen molar-refractivity contribution in [2.24, 2.45) is 0 Å². The molecule has 0 saturated carbocycles. The van der Waals surface area contributed by atoms with Gasteiger partial charge in [0.25, 0.3) is 0 Å². The molecule has 0 heterocycles. The second-order valence-electron chi connectivity index (χ2n) is 1.46. The van der Waals surface area contributed by atoms with Crippen LogP contribution < -0.4 is 0 Å². The number of rotatable bonds is 3. The van der Waals surface area contributed by atoms with Crippen LogP contribution in [0.4, 0.5) is 0 Å². The summed E-state index contributed by atoms with van der Waals surface area (Å²) >= 11 is 0. The van der Waals surface area contributed by atoms with Crippen molar-refractivity contribution in [3.05, 3.63) is 37.0 Å². The SMILES string of the molecule is C.C=C/C=C\C=C/CC. The van der Waals surface area contributed by atoms with Crippen molar-refractivity contribution >= 4 is 0 Å². The quantitative estimate of drug-likeness (QED) is 0.506. The van der Waals surface area contributed by atoms with Gasteiger partial charge in [-0.05, 0) is 6.42 Å². The third-order valence-corrected chi connectivity index (χ3v) is 0.730. The zero-order valence-electron chi connectivity index (χ0n) is 5.30. The summed E-state index contributed by atoms with van der Waals surface area (Å²) in [6.45, 7) is 5.65. The summed E-state index contributed by atoms with van der Waals surface area (Å²) in [5, 5.41) is 0. The molecule has 9 heavy (non-hydrogen) atoms. The highest BCUT2D eigenvalue weighted by atomic mass is 13.7. The second kappa shape index (κ2) is 10.3. The molecule has 0 saturated heterocycles. The van der Waals surface area contributed by atoms with Crippen molar-refractivity contribution in [1.29, 1.82) is 0 Å². The van der Waals surface area contributed by atoms with Gasteiger partial charge in [0.1, 0.15) is 0 Å². The predicted molar refractivity (Wildman–Crippen MR) is 45.5 cm³/mol. The minimum absolute atomic E-state index is 0. The molecular formula is C9H16. The van der Waals surface area contributed by atoms with E-state index < -0.39 is 0 Å². The molecule has 0 aliphatic rings. The molecule has 0 aromatic carbocycles. The molecule has 0 spiro atoms. The maximum Gasteiger partial charge on any atom is -0.0376 e. The monoisotopic (exact) mass is 124 g/mol. The van der Waals surface area contributed by atoms with E-state index in [0.29, 0.717) is 0 Å². The van der Waals surface area contributed by atoms with Crippen molar-refractivity contribution in [2.75, 3.05) is 0 Å². The standard InChI is InChI=1S/C8H12.CH4/c1-3-5-7-8-6-4-2;/h3,5-8H,1,4H2,2H3;1H4/b7-5-,8-6-;. The fourth-order valence-corrected chi connectivity index (χ4v) is 0.357. The Balaban J connectivity index is 0. The lowest BCUT2D eigenvalue weighted by Crippen LogP contribution is -1.49. The molecule has 0 rings (SSSR count). The maximum atomic E-state index is 3.54. The summed E-state index contributed by atoms with van der Waals surface area (Å²) in [4.78, 5) is 0. The van der Waals surface area contributed by atoms with Crippen LogP contribution >= 0.6 is 0 Å². The average Bonchev–Trinajstić information content (AvgIpc) is 1.81. The summed E-state index contributed by atoms with van der Waals surface area (Å²) in [7, 11) is 0. The van der Waals surface area contributed by atoms with Gasteiger partial charge in [-0.25, -0.2) is 0 Å². The zero-order valence-corrected chi connectivity index (χ0v) is 5.30. The van der Waals surface area contributed by atoms with Crippen LogP contribution in [0.2, 0.25) is 0 Å². The highest BCUT2D eigenvalue weighted by Crippen LogP contribution is 1.80. The molecule has 52 valence electrons. The molecule has 0 heteroatoms. The van der Waals surface area contributed by atoms with Crippen LogP contribution in [0.25, 0.3) is 0 Å². The lowest BCUT2D eigenvalue weighted by atomic mass is 10.4. The van der Waals surface area contributed by atoms with Crippen LogP contribution in [0.3, 0.4) is 0 Å². The lowest BCUT2D eigenvalue weighted by Gasteiger charge is -1.71. The normalized spacial score (nSPS) is 9.89. The van der Waals surface area contributed by atoms with E-state index in [1.54, 1.807) is 6.08 Å². The van der Waals surface area contributed by atoms with Crippen LogP contribution in [-0.4, -0.2) is 0 Å². The van der Waals surface area contributed by atoms with Gasteiger partial charge in [-0.2, -0.15) is 0 Å². The Morgan fingerprint density at radius 1 is 1.22 bits per heavy atom. The maximum absolute atomic E-state index is 3.54. The van der Waals surface area contributed by atoms with E-state index in [-0.39, 0.29) is 7.43 Å². The second-order valence-corrected chi connectivity index (χ2v) is 1.46. The third-order valence-electron chi connectivity index (χ3n) is 0.730. The van der Waals surface area contributed by atoms with Crippen LogP contribution in [0.5, 0.6) is 0 Å². The molecule has 0 nitrogen and oxygen atoms in total. The number of hydrogen-bond acceptors (Lipinski definition) is 0. The van der Waals surface area contributed by atoms with Gasteiger partial charge in [-0.3, -0.25) is 0 Å². The highest BCUT2D eigenvalue weighted by molar-refractivity contribution is 5.08. The van der Waals surface area contributed by atoms with Gasteiger partial charge in [0.05, 0.1) is 0 Å². The first-order valence-corrected chi connectivity index (χ1v) is 2.86. The molecule has 0 bridgehead atoms. The minimum Gasteiger partial charge on any atom is -0.0991 e. The van der Waals surface area contributed by atoms with Gasteiger partial charge >= 0.3 is 0 Å². The molecule has 0 amide bonds. The summed E-state index contributed by atoms with van der Waals surface area (Å²) in [6.07, 6.45) is 10.9. The first-order valence-electron chi connectivity index (χ1n) is 2.86. The molecule has 0 aromatic rings. The van der Waals surface area contributed by atoms with Crippen LogP contribution in [0.15, 0.2) is 37.0 Å². The average molecular weight is 124 g/mol. The summed E-state index contributed by atoms with van der Waals surface area (Å²) < 4.78 is 0. The molecule has 0 aliphatic heterocycles. The molecule has 0 aliphatic carbocycles. The molecule has 0 aromatic heterocycles. The Hall–Kier alpha value is -0.780. The summed E-state index contributed by atoms with van der Waals surface area (Å²) in [5.41, 5.74) is 0. The van der Waals surface area contributed by atoms with E-state index in [0.717, 1.165) is 6.42 Å². The molecule has 0 atom stereocenters. The Kier molecular flexibility index (Phi) is 12.6. The van der Waals surface area contributed by atoms with Crippen LogP contribution in [0, 0.1) is 0 Å². The molecule has 0 radical (unpaired) electrons. The first kappa shape index (κ1) is 11.1. The van der Waals surface area contributed by atoms with E-state index in [1.165, 1.54) is 0 Å². The minimum atomic E-state index is 0. The summed E-state index contributed by atoms with van der Waals surface area (Å²) in [6, 6.07) is 0. The topological polar surface area (TPSA) is 0 Å². The molecule has 0 N–H and O–H groups in total. The van der Waals surface area contributed by atoms with Gasteiger partial charge in [0.2, 0.25) is 0 Å². The molecular weight excluding hydrogens is 108 g/mol. The van der Waals surface area contributed by atoms with E-state index in [2.05, 4.69) is 19.6 Å². The predicted octanol–water partition coefficient (Wildman–Crippen LogP) is 3.33. The highest BCUT2D eigenvalue weighted by Gasteiger charge is 1.59. The Bertz CT molecular complexity index is 96.6. The molecule has 0 fully saturated rings. The third kappa shape index (κ3) is 11.0. The molecule has 0 unspecified atom stereocenters. The van der Waals surface area contributed by atoms with Gasteiger partial charge in [0.15, 0.2) is 0 Å². The first-order chi connectivity index (χ1) is 3.91. The Morgan fingerprint density at radius 3 is 2.33 bits per heavy atom. The van der Waals surface area contributed by atoms with Crippen molar-refractivity contribution in [1.82, 2.24) is 0 Å². The van der Waals surface area contributed by atoms with Crippen molar-refractivity contribution < 1.29 is 0 Å². The van der Waals surface area contributed by atoms with Gasteiger partial charge in [-0.15, -0.1) is 0 Å². The van der Waals surface area contributed by atoms with Gasteiger partial charge < -0.3 is 0 Å². The largest absolute Gasteiger partial charge is 0.0991 e. The van der Waals surface area contributed by atoms with E-state index in [1.807, 2.05) is 18.2 Å². The number of allylic oxidation sites excluding steroid dienone is 5. The summed E-state index contributed by atoms with van der Waals surface area (Å²) in [5.74, 6) is 0. The van der Waals surface area contributed by atoms with E-state index >= 15 is 0 Å². The Morgan fingerprint density at radius 2 is 1.89 bits per heavy atom. The smallest absolute Gasteiger partial charge is 0.0376 e. The van der Waals surface area contributed by atoms with Gasteiger partial charge in [0, 0.05) is 0 Å². The van der Waals surface area contributed by atoms with Crippen molar-refractivity contribution in [3.8, 4) is 0 Å². The number of hydrogen-bond donors (Lipinski definition) is 0. The van der Waals surface area contributed by atoms with E-state index in [9.17, 15) is 0 Å². The Labute approximate surface area is 58.6 Å². The van der Waals surface area contributed by atoms with Crippen molar-refractivity contribution in [2.45, 2.75) is 20.8 Å².